The lowest BCUT2D eigenvalue weighted by Gasteiger charge is -2.08. The van der Waals surface area contributed by atoms with Crippen LogP contribution in [-0.2, 0) is 6.42 Å². The van der Waals surface area contributed by atoms with Crippen molar-refractivity contribution in [1.29, 1.82) is 0 Å². The van der Waals surface area contributed by atoms with Crippen LogP contribution in [0.4, 0.5) is 11.5 Å². The third-order valence-corrected chi connectivity index (χ3v) is 5.68. The number of benzene rings is 2. The number of aromatic nitrogens is 2. The maximum Gasteiger partial charge on any atom is 0.142 e. The number of nitrogens with one attached hydrogen (secondary N) is 1. The van der Waals surface area contributed by atoms with Crippen LogP contribution in [0, 0.1) is 6.92 Å². The first-order valence-corrected chi connectivity index (χ1v) is 10.2. The molecule has 0 spiro atoms. The molecule has 3 nitrogen and oxygen atoms in total. The minimum absolute atomic E-state index is 0.783. The van der Waals surface area contributed by atoms with Gasteiger partial charge in [0.15, 0.2) is 0 Å². The molecule has 0 saturated heterocycles. The van der Waals surface area contributed by atoms with E-state index in [1.54, 1.807) is 11.3 Å². The molecule has 2 aromatic carbocycles. The van der Waals surface area contributed by atoms with E-state index in [4.69, 9.17) is 0 Å². The molecule has 27 heavy (non-hydrogen) atoms. The van der Waals surface area contributed by atoms with E-state index in [1.165, 1.54) is 28.8 Å². The van der Waals surface area contributed by atoms with Crippen LogP contribution in [0.5, 0.6) is 0 Å². The molecular weight excluding hydrogens is 350 g/mol. The minimum atomic E-state index is 0.783. The monoisotopic (exact) mass is 373 g/mol. The number of rotatable bonds is 6. The molecule has 0 aliphatic carbocycles. The van der Waals surface area contributed by atoms with Crippen LogP contribution >= 0.6 is 11.3 Å². The molecule has 0 radical (unpaired) electrons. The van der Waals surface area contributed by atoms with Gasteiger partial charge < -0.3 is 5.32 Å². The molecular formula is C23H23N3S. The lowest BCUT2D eigenvalue weighted by atomic mass is 10.1. The highest BCUT2D eigenvalue weighted by atomic mass is 32.1. The third-order valence-electron chi connectivity index (χ3n) is 4.60. The summed E-state index contributed by atoms with van der Waals surface area (Å²) in [6.07, 6.45) is 3.59. The van der Waals surface area contributed by atoms with Crippen molar-refractivity contribution in [2.45, 2.75) is 33.1 Å². The molecule has 1 N–H and O–H groups in total. The van der Waals surface area contributed by atoms with E-state index in [0.29, 0.717) is 0 Å². The van der Waals surface area contributed by atoms with Gasteiger partial charge in [-0.1, -0.05) is 55.8 Å². The first kappa shape index (κ1) is 17.7. The first-order valence-electron chi connectivity index (χ1n) is 9.42. The molecule has 4 aromatic rings. The molecule has 0 aliphatic heterocycles. The van der Waals surface area contributed by atoms with Gasteiger partial charge in [0.1, 0.15) is 16.5 Å². The Balaban J connectivity index is 1.66. The number of anilines is 2. The normalized spacial score (nSPS) is 11.0. The molecule has 0 fully saturated rings. The second kappa shape index (κ2) is 7.89. The van der Waals surface area contributed by atoms with Gasteiger partial charge in [-0.25, -0.2) is 9.97 Å². The number of nitrogens with zero attached hydrogens (tertiary/aromatic N) is 2. The fraction of sp³-hybridized carbons (Fsp3) is 0.217. The lowest BCUT2D eigenvalue weighted by molar-refractivity contribution is 0.795. The Morgan fingerprint density at radius 1 is 0.963 bits per heavy atom. The first-order chi connectivity index (χ1) is 13.2. The number of thiophene rings is 1. The zero-order valence-electron chi connectivity index (χ0n) is 15.7. The van der Waals surface area contributed by atoms with Crippen molar-refractivity contribution in [3.05, 3.63) is 72.1 Å². The Morgan fingerprint density at radius 2 is 1.74 bits per heavy atom. The highest BCUT2D eigenvalue weighted by Gasteiger charge is 2.12. The van der Waals surface area contributed by atoms with E-state index < -0.39 is 0 Å². The molecule has 0 saturated carbocycles. The van der Waals surface area contributed by atoms with Crippen molar-refractivity contribution < 1.29 is 0 Å². The van der Waals surface area contributed by atoms with Gasteiger partial charge in [0, 0.05) is 10.6 Å². The van der Waals surface area contributed by atoms with Crippen molar-refractivity contribution in [3.8, 4) is 10.4 Å². The number of hydrogen-bond donors (Lipinski definition) is 1. The molecule has 4 heteroatoms. The van der Waals surface area contributed by atoms with Crippen LogP contribution in [0.1, 0.15) is 31.2 Å². The van der Waals surface area contributed by atoms with Crippen molar-refractivity contribution in [1.82, 2.24) is 9.97 Å². The summed E-state index contributed by atoms with van der Waals surface area (Å²) in [5, 5.41) is 4.56. The number of unbranched alkanes of at least 4 members (excludes halogenated alkanes) is 1. The Bertz CT molecular complexity index is 1040. The third kappa shape index (κ3) is 4.01. The Kier molecular flexibility index (Phi) is 5.16. The number of aryl methyl sites for hydroxylation is 2. The summed E-state index contributed by atoms with van der Waals surface area (Å²) in [4.78, 5) is 11.5. The maximum absolute atomic E-state index is 4.66. The fourth-order valence-corrected chi connectivity index (χ4v) is 4.22. The van der Waals surface area contributed by atoms with Gasteiger partial charge in [-0.3, -0.25) is 0 Å². The Labute approximate surface area is 164 Å². The quantitative estimate of drug-likeness (QED) is 0.406. The zero-order valence-corrected chi connectivity index (χ0v) is 16.5. The van der Waals surface area contributed by atoms with E-state index in [2.05, 4.69) is 76.8 Å². The maximum atomic E-state index is 4.66. The van der Waals surface area contributed by atoms with E-state index in [-0.39, 0.29) is 0 Å². The summed E-state index contributed by atoms with van der Waals surface area (Å²) in [5.41, 5.74) is 3.65. The molecule has 136 valence electrons. The molecule has 0 amide bonds. The van der Waals surface area contributed by atoms with Crippen molar-refractivity contribution in [2.75, 3.05) is 5.32 Å². The second-order valence-electron chi connectivity index (χ2n) is 6.74. The summed E-state index contributed by atoms with van der Waals surface area (Å²) in [7, 11) is 0. The molecule has 0 bridgehead atoms. The van der Waals surface area contributed by atoms with Gasteiger partial charge >= 0.3 is 0 Å². The summed E-state index contributed by atoms with van der Waals surface area (Å²) >= 11 is 1.71. The van der Waals surface area contributed by atoms with Crippen LogP contribution < -0.4 is 5.32 Å². The predicted octanol–water partition coefficient (Wildman–Crippen LogP) is 6.75. The van der Waals surface area contributed by atoms with Crippen LogP contribution in [0.15, 0.2) is 60.7 Å². The van der Waals surface area contributed by atoms with E-state index in [9.17, 15) is 0 Å². The van der Waals surface area contributed by atoms with Gasteiger partial charge in [0.25, 0.3) is 0 Å². The lowest BCUT2D eigenvalue weighted by Crippen LogP contribution is -1.97. The van der Waals surface area contributed by atoms with Crippen LogP contribution in [0.2, 0.25) is 0 Å². The standard InChI is InChI=1S/C23H23N3S/c1-3-4-8-17-11-13-19(14-12-17)26-22-20-15-21(18-9-6-5-7-10-18)27-23(20)25-16(2)24-22/h5-7,9-15H,3-4,8H2,1-2H3,(H,24,25,26). The van der Waals surface area contributed by atoms with Gasteiger partial charge in [0.05, 0.1) is 5.39 Å². The van der Waals surface area contributed by atoms with Gasteiger partial charge in [-0.2, -0.15) is 0 Å². The van der Waals surface area contributed by atoms with E-state index in [1.807, 2.05) is 13.0 Å². The Hall–Kier alpha value is -2.72. The molecule has 0 aliphatic rings. The average molecular weight is 374 g/mol. The highest BCUT2D eigenvalue weighted by Crippen LogP contribution is 2.36. The summed E-state index contributed by atoms with van der Waals surface area (Å²) < 4.78 is 0. The van der Waals surface area contributed by atoms with E-state index >= 15 is 0 Å². The number of hydrogen-bond acceptors (Lipinski definition) is 4. The topological polar surface area (TPSA) is 37.8 Å². The Morgan fingerprint density at radius 3 is 2.48 bits per heavy atom. The number of fused-ring (bicyclic) bond motifs is 1. The van der Waals surface area contributed by atoms with Crippen molar-refractivity contribution >= 4 is 33.1 Å². The van der Waals surface area contributed by atoms with Crippen LogP contribution in [0.3, 0.4) is 0 Å². The van der Waals surface area contributed by atoms with Crippen LogP contribution in [0.25, 0.3) is 20.7 Å². The van der Waals surface area contributed by atoms with Crippen LogP contribution in [-0.4, -0.2) is 9.97 Å². The van der Waals surface area contributed by atoms with Gasteiger partial charge in [-0.05, 0) is 49.1 Å². The van der Waals surface area contributed by atoms with E-state index in [0.717, 1.165) is 34.0 Å². The highest BCUT2D eigenvalue weighted by molar-refractivity contribution is 7.21. The van der Waals surface area contributed by atoms with Gasteiger partial charge in [0.2, 0.25) is 0 Å². The minimum Gasteiger partial charge on any atom is -0.340 e. The SMILES string of the molecule is CCCCc1ccc(Nc2nc(C)nc3sc(-c4ccccc4)cc23)cc1. The zero-order chi connectivity index (χ0) is 18.6. The predicted molar refractivity (Wildman–Crippen MR) is 116 cm³/mol. The largest absolute Gasteiger partial charge is 0.340 e. The molecule has 2 heterocycles. The smallest absolute Gasteiger partial charge is 0.142 e. The molecule has 4 rings (SSSR count). The summed E-state index contributed by atoms with van der Waals surface area (Å²) in [5.74, 6) is 1.66. The van der Waals surface area contributed by atoms with Gasteiger partial charge in [-0.15, -0.1) is 11.3 Å². The summed E-state index contributed by atoms with van der Waals surface area (Å²) in [6, 6.07) is 21.3. The molecule has 0 unspecified atom stereocenters. The molecule has 0 atom stereocenters. The average Bonchev–Trinajstić information content (AvgIpc) is 3.12. The van der Waals surface area contributed by atoms with Crippen molar-refractivity contribution in [2.24, 2.45) is 0 Å². The molecule has 2 aromatic heterocycles. The summed E-state index contributed by atoms with van der Waals surface area (Å²) in [6.45, 7) is 4.17. The van der Waals surface area contributed by atoms with Crippen molar-refractivity contribution in [3.63, 3.8) is 0 Å². The second-order valence-corrected chi connectivity index (χ2v) is 7.77. The fourth-order valence-electron chi connectivity index (χ4n) is 3.14.